The van der Waals surface area contributed by atoms with E-state index in [1.807, 2.05) is 0 Å². The van der Waals surface area contributed by atoms with Gasteiger partial charge in [0.25, 0.3) is 0 Å². The summed E-state index contributed by atoms with van der Waals surface area (Å²) in [5.41, 5.74) is 1.23. The van der Waals surface area contributed by atoms with Crippen LogP contribution < -0.4 is 0 Å². The number of hydrogen-bond donors (Lipinski definition) is 1. The average molecular weight is 306 g/mol. The molecule has 4 heteroatoms. The van der Waals surface area contributed by atoms with Gasteiger partial charge in [0.05, 0.1) is 5.56 Å². The van der Waals surface area contributed by atoms with E-state index in [1.165, 1.54) is 19.1 Å². The summed E-state index contributed by atoms with van der Waals surface area (Å²) >= 11 is 0. The number of carbonyl (C=O) groups is 3. The normalized spacial score (nSPS) is 13.6. The molecule has 0 spiro atoms. The minimum Gasteiger partial charge on any atom is -0.507 e. The van der Waals surface area contributed by atoms with Crippen molar-refractivity contribution in [2.45, 2.75) is 13.8 Å². The molecular formula is C19H14O4. The van der Waals surface area contributed by atoms with Crippen LogP contribution in [-0.4, -0.2) is 22.5 Å². The number of phenolic OH excluding ortho intramolecular Hbond substituents is 1. The zero-order chi connectivity index (χ0) is 16.7. The number of fused-ring (bicyclic) bond motifs is 1. The van der Waals surface area contributed by atoms with E-state index in [2.05, 4.69) is 0 Å². The second-order valence-electron chi connectivity index (χ2n) is 5.55. The van der Waals surface area contributed by atoms with Crippen molar-refractivity contribution in [1.82, 2.24) is 0 Å². The summed E-state index contributed by atoms with van der Waals surface area (Å²) in [6, 6.07) is 9.91. The van der Waals surface area contributed by atoms with Crippen LogP contribution in [0.1, 0.15) is 49.1 Å². The van der Waals surface area contributed by atoms with Crippen molar-refractivity contribution in [2.75, 3.05) is 0 Å². The summed E-state index contributed by atoms with van der Waals surface area (Å²) in [5.74, 6) is -1.48. The van der Waals surface area contributed by atoms with Gasteiger partial charge in [-0.1, -0.05) is 30.3 Å². The Morgan fingerprint density at radius 1 is 1.00 bits per heavy atom. The monoisotopic (exact) mass is 306 g/mol. The second kappa shape index (κ2) is 5.32. The third-order valence-corrected chi connectivity index (χ3v) is 3.95. The molecule has 3 rings (SSSR count). The van der Waals surface area contributed by atoms with Gasteiger partial charge in [-0.2, -0.15) is 0 Å². The Kier molecular flexibility index (Phi) is 3.45. The minimum atomic E-state index is -0.461. The van der Waals surface area contributed by atoms with Crippen molar-refractivity contribution < 1.29 is 19.5 Å². The van der Waals surface area contributed by atoms with E-state index < -0.39 is 11.6 Å². The maximum absolute atomic E-state index is 12.8. The van der Waals surface area contributed by atoms with Crippen LogP contribution >= 0.6 is 0 Å². The van der Waals surface area contributed by atoms with Gasteiger partial charge in [0.1, 0.15) is 5.75 Å². The molecule has 2 aromatic rings. The van der Waals surface area contributed by atoms with Crippen molar-refractivity contribution in [3.63, 3.8) is 0 Å². The molecule has 0 aromatic heterocycles. The number of aromatic hydroxyl groups is 1. The first-order valence-corrected chi connectivity index (χ1v) is 7.15. The predicted octanol–water partition coefficient (Wildman–Crippen LogP) is 3.26. The van der Waals surface area contributed by atoms with Gasteiger partial charge in [0.2, 0.25) is 0 Å². The number of rotatable bonds is 2. The largest absolute Gasteiger partial charge is 0.507 e. The summed E-state index contributed by atoms with van der Waals surface area (Å²) < 4.78 is 0. The topological polar surface area (TPSA) is 71.4 Å². The van der Waals surface area contributed by atoms with E-state index in [0.29, 0.717) is 11.1 Å². The number of carbonyl (C=O) groups excluding carboxylic acids is 3. The van der Waals surface area contributed by atoms with Crippen LogP contribution in [0.2, 0.25) is 0 Å². The summed E-state index contributed by atoms with van der Waals surface area (Å²) in [7, 11) is 0. The highest BCUT2D eigenvalue weighted by Crippen LogP contribution is 2.34. The highest BCUT2D eigenvalue weighted by molar-refractivity contribution is 6.30. The second-order valence-corrected chi connectivity index (χ2v) is 5.55. The maximum atomic E-state index is 12.8. The van der Waals surface area contributed by atoms with Gasteiger partial charge in [-0.05, 0) is 31.6 Å². The molecule has 0 bridgehead atoms. The molecule has 0 atom stereocenters. The highest BCUT2D eigenvalue weighted by atomic mass is 16.3. The van der Waals surface area contributed by atoms with Crippen LogP contribution in [-0.2, 0) is 0 Å². The van der Waals surface area contributed by atoms with E-state index in [1.54, 1.807) is 37.3 Å². The molecule has 114 valence electrons. The summed E-state index contributed by atoms with van der Waals surface area (Å²) in [4.78, 5) is 37.6. The van der Waals surface area contributed by atoms with E-state index in [-0.39, 0.29) is 33.8 Å². The lowest BCUT2D eigenvalue weighted by Crippen LogP contribution is -2.21. The van der Waals surface area contributed by atoms with Crippen molar-refractivity contribution >= 4 is 17.3 Å². The van der Waals surface area contributed by atoms with Crippen LogP contribution in [0.25, 0.3) is 0 Å². The average Bonchev–Trinajstić information content (AvgIpc) is 2.52. The molecular weight excluding hydrogens is 292 g/mol. The fourth-order valence-electron chi connectivity index (χ4n) is 2.83. The Bertz CT molecular complexity index is 889. The Hall–Kier alpha value is -3.01. The standard InChI is InChI=1S/C19H14O4/c1-10-8-13(20)16-14(21)9-11(2)18(22)17(16)15(10)19(23)12-6-4-3-5-7-12/h3-9,20H,1-2H3. The molecule has 1 N–H and O–H groups in total. The van der Waals surface area contributed by atoms with Gasteiger partial charge in [-0.3, -0.25) is 14.4 Å². The zero-order valence-corrected chi connectivity index (χ0v) is 12.7. The maximum Gasteiger partial charge on any atom is 0.194 e. The van der Waals surface area contributed by atoms with E-state index in [4.69, 9.17) is 0 Å². The minimum absolute atomic E-state index is 0.00125. The summed E-state index contributed by atoms with van der Waals surface area (Å²) in [6.45, 7) is 3.17. The lowest BCUT2D eigenvalue weighted by atomic mass is 9.82. The van der Waals surface area contributed by atoms with Gasteiger partial charge >= 0.3 is 0 Å². The molecule has 1 aliphatic rings. The van der Waals surface area contributed by atoms with Crippen LogP contribution in [0.3, 0.4) is 0 Å². The van der Waals surface area contributed by atoms with E-state index in [0.717, 1.165) is 0 Å². The molecule has 0 aliphatic heterocycles. The summed E-state index contributed by atoms with van der Waals surface area (Å²) in [5, 5.41) is 10.1. The van der Waals surface area contributed by atoms with Crippen LogP contribution in [0.15, 0.2) is 48.0 Å². The third kappa shape index (κ3) is 2.28. The lowest BCUT2D eigenvalue weighted by Gasteiger charge is -2.19. The van der Waals surface area contributed by atoms with Crippen molar-refractivity contribution in [2.24, 2.45) is 0 Å². The first-order valence-electron chi connectivity index (χ1n) is 7.15. The van der Waals surface area contributed by atoms with E-state index in [9.17, 15) is 19.5 Å². The number of phenols is 1. The van der Waals surface area contributed by atoms with Crippen LogP contribution in [0.5, 0.6) is 5.75 Å². The molecule has 0 radical (unpaired) electrons. The molecule has 0 unspecified atom stereocenters. The van der Waals surface area contributed by atoms with Gasteiger partial charge < -0.3 is 5.11 Å². The number of aryl methyl sites for hydroxylation is 1. The quantitative estimate of drug-likeness (QED) is 0.864. The van der Waals surface area contributed by atoms with Gasteiger partial charge in [-0.25, -0.2) is 0 Å². The van der Waals surface area contributed by atoms with Crippen LogP contribution in [0.4, 0.5) is 0 Å². The third-order valence-electron chi connectivity index (χ3n) is 3.95. The molecule has 0 saturated carbocycles. The number of Topliss-reactive ketones (excluding diaryl/α,β-unsaturated/α-hetero) is 1. The van der Waals surface area contributed by atoms with E-state index >= 15 is 0 Å². The smallest absolute Gasteiger partial charge is 0.194 e. The molecule has 0 saturated heterocycles. The van der Waals surface area contributed by atoms with Gasteiger partial charge in [-0.15, -0.1) is 0 Å². The summed E-state index contributed by atoms with van der Waals surface area (Å²) in [6.07, 6.45) is 1.19. The molecule has 0 fully saturated rings. The molecule has 4 nitrogen and oxygen atoms in total. The first-order chi connectivity index (χ1) is 10.9. The fraction of sp³-hybridized carbons (Fsp3) is 0.105. The SMILES string of the molecule is CC1=CC(=O)c2c(O)cc(C)c(C(=O)c3ccccc3)c2C1=O. The molecule has 0 amide bonds. The Morgan fingerprint density at radius 2 is 1.65 bits per heavy atom. The molecule has 23 heavy (non-hydrogen) atoms. The Morgan fingerprint density at radius 3 is 2.30 bits per heavy atom. The van der Waals surface area contributed by atoms with Crippen molar-refractivity contribution in [3.8, 4) is 5.75 Å². The molecule has 0 heterocycles. The highest BCUT2D eigenvalue weighted by Gasteiger charge is 2.32. The number of benzene rings is 2. The molecule has 2 aromatic carbocycles. The van der Waals surface area contributed by atoms with Gasteiger partial charge in [0.15, 0.2) is 17.3 Å². The predicted molar refractivity (Wildman–Crippen MR) is 85.1 cm³/mol. The number of allylic oxidation sites excluding steroid dienone is 2. The Balaban J connectivity index is 2.32. The Labute approximate surface area is 133 Å². The van der Waals surface area contributed by atoms with Gasteiger partial charge in [0, 0.05) is 22.3 Å². The zero-order valence-electron chi connectivity index (χ0n) is 12.7. The van der Waals surface area contributed by atoms with Crippen molar-refractivity contribution in [1.29, 1.82) is 0 Å². The van der Waals surface area contributed by atoms with Crippen molar-refractivity contribution in [3.05, 3.63) is 75.9 Å². The lowest BCUT2D eigenvalue weighted by molar-refractivity contribution is 0.0973. The number of hydrogen-bond acceptors (Lipinski definition) is 4. The van der Waals surface area contributed by atoms with Crippen LogP contribution in [0, 0.1) is 6.92 Å². The number of ketones is 3. The molecule has 1 aliphatic carbocycles. The fourth-order valence-corrected chi connectivity index (χ4v) is 2.83. The first kappa shape index (κ1) is 14.9.